The topological polar surface area (TPSA) is 49.9 Å². The van der Waals surface area contributed by atoms with E-state index in [4.69, 9.17) is 4.74 Å². The molecule has 1 aliphatic rings. The maximum Gasteiger partial charge on any atom is 0.0921 e. The fraction of sp³-hybridized carbons (Fsp3) is 0.769. The molecule has 0 spiro atoms. The molecule has 1 aromatic rings. The molecule has 17 heavy (non-hydrogen) atoms. The summed E-state index contributed by atoms with van der Waals surface area (Å²) in [6.45, 7) is 6.37. The summed E-state index contributed by atoms with van der Waals surface area (Å²) >= 11 is 0. The Hall–Kier alpha value is -0.870. The molecule has 2 N–H and O–H groups in total. The van der Waals surface area contributed by atoms with E-state index in [2.05, 4.69) is 29.1 Å². The Morgan fingerprint density at radius 2 is 2.47 bits per heavy atom. The fourth-order valence-electron chi connectivity index (χ4n) is 2.31. The second kappa shape index (κ2) is 6.17. The Balaban J connectivity index is 1.68. The van der Waals surface area contributed by atoms with Gasteiger partial charge in [0, 0.05) is 37.5 Å². The predicted octanol–water partition coefficient (Wildman–Crippen LogP) is 1.75. The molecule has 4 heteroatoms. The lowest BCUT2D eigenvalue weighted by Crippen LogP contribution is -2.41. The summed E-state index contributed by atoms with van der Waals surface area (Å²) in [4.78, 5) is 7.15. The summed E-state index contributed by atoms with van der Waals surface area (Å²) in [5, 5.41) is 3.62. The van der Waals surface area contributed by atoms with Crippen LogP contribution < -0.4 is 5.32 Å². The molecule has 2 rings (SSSR count). The number of aromatic amines is 1. The maximum absolute atomic E-state index is 5.77. The molecule has 96 valence electrons. The molecular formula is C13H23N3O. The van der Waals surface area contributed by atoms with Gasteiger partial charge in [-0.3, -0.25) is 0 Å². The minimum atomic E-state index is 0.424. The van der Waals surface area contributed by atoms with Crippen molar-refractivity contribution in [1.82, 2.24) is 15.3 Å². The van der Waals surface area contributed by atoms with Crippen LogP contribution in [0.1, 0.15) is 32.4 Å². The van der Waals surface area contributed by atoms with Gasteiger partial charge in [0.2, 0.25) is 0 Å². The van der Waals surface area contributed by atoms with Crippen molar-refractivity contribution in [3.8, 4) is 0 Å². The maximum atomic E-state index is 5.77. The van der Waals surface area contributed by atoms with Gasteiger partial charge in [0.1, 0.15) is 0 Å². The summed E-state index contributed by atoms with van der Waals surface area (Å²) in [5.41, 5.74) is 1.20. The van der Waals surface area contributed by atoms with Crippen LogP contribution in [0, 0.1) is 5.92 Å². The highest BCUT2D eigenvalue weighted by Gasteiger charge is 2.24. The zero-order valence-corrected chi connectivity index (χ0v) is 10.8. The van der Waals surface area contributed by atoms with Crippen molar-refractivity contribution in [2.24, 2.45) is 5.92 Å². The van der Waals surface area contributed by atoms with E-state index in [1.165, 1.54) is 5.69 Å². The number of ether oxygens (including phenoxy) is 1. The molecule has 0 radical (unpaired) electrons. The first-order chi connectivity index (χ1) is 8.25. The third-order valence-corrected chi connectivity index (χ3v) is 3.44. The van der Waals surface area contributed by atoms with Gasteiger partial charge in [-0.2, -0.15) is 0 Å². The standard InChI is InChI=1S/C13H23N3O/c1-10(2)13-7-11(4-6-17-13)15-5-3-12-8-14-9-16-12/h8-11,13,15H,3-7H2,1-2H3,(H,14,16). The Morgan fingerprint density at radius 3 is 3.18 bits per heavy atom. The van der Waals surface area contributed by atoms with Gasteiger partial charge in [0.05, 0.1) is 12.4 Å². The van der Waals surface area contributed by atoms with Crippen LogP contribution in [0.5, 0.6) is 0 Å². The van der Waals surface area contributed by atoms with Gasteiger partial charge in [0.25, 0.3) is 0 Å². The molecule has 0 amide bonds. The van der Waals surface area contributed by atoms with Crippen LogP contribution in [0.15, 0.2) is 12.5 Å². The van der Waals surface area contributed by atoms with Crippen molar-refractivity contribution < 1.29 is 4.74 Å². The first-order valence-electron chi connectivity index (χ1n) is 6.58. The number of hydrogen-bond acceptors (Lipinski definition) is 3. The molecule has 2 atom stereocenters. The second-order valence-electron chi connectivity index (χ2n) is 5.16. The first-order valence-corrected chi connectivity index (χ1v) is 6.58. The van der Waals surface area contributed by atoms with Crippen molar-refractivity contribution in [3.05, 3.63) is 18.2 Å². The van der Waals surface area contributed by atoms with Crippen LogP contribution in [0.25, 0.3) is 0 Å². The fourth-order valence-corrected chi connectivity index (χ4v) is 2.31. The number of aromatic nitrogens is 2. The number of nitrogens with zero attached hydrogens (tertiary/aromatic N) is 1. The van der Waals surface area contributed by atoms with Crippen molar-refractivity contribution in [2.75, 3.05) is 13.2 Å². The SMILES string of the molecule is CC(C)C1CC(NCCc2cnc[nH]2)CCO1. The molecule has 0 aromatic carbocycles. The lowest BCUT2D eigenvalue weighted by atomic mass is 9.95. The van der Waals surface area contributed by atoms with Crippen LogP contribution in [-0.2, 0) is 11.2 Å². The molecule has 2 unspecified atom stereocenters. The van der Waals surface area contributed by atoms with E-state index in [0.717, 1.165) is 32.4 Å². The van der Waals surface area contributed by atoms with Crippen LogP contribution in [0.2, 0.25) is 0 Å². The summed E-state index contributed by atoms with van der Waals surface area (Å²) in [5.74, 6) is 0.618. The Kier molecular flexibility index (Phi) is 4.57. The Morgan fingerprint density at radius 1 is 1.59 bits per heavy atom. The highest BCUT2D eigenvalue weighted by atomic mass is 16.5. The van der Waals surface area contributed by atoms with Gasteiger partial charge in [-0.25, -0.2) is 4.98 Å². The van der Waals surface area contributed by atoms with Crippen LogP contribution in [0.4, 0.5) is 0 Å². The minimum Gasteiger partial charge on any atom is -0.378 e. The highest BCUT2D eigenvalue weighted by molar-refractivity contribution is 4.94. The number of hydrogen-bond donors (Lipinski definition) is 2. The lowest BCUT2D eigenvalue weighted by Gasteiger charge is -2.32. The summed E-state index contributed by atoms with van der Waals surface area (Å²) in [7, 11) is 0. The quantitative estimate of drug-likeness (QED) is 0.820. The van der Waals surface area contributed by atoms with Gasteiger partial charge in [-0.1, -0.05) is 13.8 Å². The minimum absolute atomic E-state index is 0.424. The average molecular weight is 237 g/mol. The van der Waals surface area contributed by atoms with Gasteiger partial charge < -0.3 is 15.0 Å². The highest BCUT2D eigenvalue weighted by Crippen LogP contribution is 2.20. The van der Waals surface area contributed by atoms with E-state index in [0.29, 0.717) is 18.1 Å². The largest absolute Gasteiger partial charge is 0.378 e. The van der Waals surface area contributed by atoms with Gasteiger partial charge in [0.15, 0.2) is 0 Å². The normalized spacial score (nSPS) is 25.4. The predicted molar refractivity (Wildman–Crippen MR) is 67.9 cm³/mol. The van der Waals surface area contributed by atoms with E-state index in [9.17, 15) is 0 Å². The van der Waals surface area contributed by atoms with Crippen LogP contribution in [-0.4, -0.2) is 35.3 Å². The monoisotopic (exact) mass is 237 g/mol. The molecule has 4 nitrogen and oxygen atoms in total. The van der Waals surface area contributed by atoms with E-state index >= 15 is 0 Å². The molecule has 0 aliphatic carbocycles. The number of rotatable bonds is 5. The van der Waals surface area contributed by atoms with Gasteiger partial charge in [-0.05, 0) is 18.8 Å². The molecule has 1 fully saturated rings. The molecule has 0 saturated carbocycles. The van der Waals surface area contributed by atoms with Gasteiger partial charge in [-0.15, -0.1) is 0 Å². The lowest BCUT2D eigenvalue weighted by molar-refractivity contribution is -0.0242. The van der Waals surface area contributed by atoms with Crippen molar-refractivity contribution in [3.63, 3.8) is 0 Å². The summed E-state index contributed by atoms with van der Waals surface area (Å²) < 4.78 is 5.77. The van der Waals surface area contributed by atoms with Crippen molar-refractivity contribution in [1.29, 1.82) is 0 Å². The molecular weight excluding hydrogens is 214 g/mol. The Labute approximate surface area is 103 Å². The Bertz CT molecular complexity index is 310. The number of nitrogens with one attached hydrogen (secondary N) is 2. The van der Waals surface area contributed by atoms with E-state index in [1.807, 2.05) is 6.20 Å². The van der Waals surface area contributed by atoms with E-state index in [1.54, 1.807) is 6.33 Å². The molecule has 0 bridgehead atoms. The van der Waals surface area contributed by atoms with Crippen LogP contribution >= 0.6 is 0 Å². The summed E-state index contributed by atoms with van der Waals surface area (Å²) in [6.07, 6.45) is 7.34. The number of imidazole rings is 1. The molecule has 2 heterocycles. The van der Waals surface area contributed by atoms with Crippen LogP contribution in [0.3, 0.4) is 0 Å². The first kappa shape index (κ1) is 12.6. The smallest absolute Gasteiger partial charge is 0.0921 e. The van der Waals surface area contributed by atoms with Crippen molar-refractivity contribution >= 4 is 0 Å². The molecule has 1 aromatic heterocycles. The third kappa shape index (κ3) is 3.82. The molecule has 1 aliphatic heterocycles. The van der Waals surface area contributed by atoms with Gasteiger partial charge >= 0.3 is 0 Å². The van der Waals surface area contributed by atoms with Crippen molar-refractivity contribution in [2.45, 2.75) is 45.3 Å². The zero-order valence-electron chi connectivity index (χ0n) is 10.8. The summed E-state index contributed by atoms with van der Waals surface area (Å²) in [6, 6.07) is 0.610. The van der Waals surface area contributed by atoms with E-state index in [-0.39, 0.29) is 0 Å². The zero-order chi connectivity index (χ0) is 12.1. The van der Waals surface area contributed by atoms with E-state index < -0.39 is 0 Å². The second-order valence-corrected chi connectivity index (χ2v) is 5.16. The average Bonchev–Trinajstić information content (AvgIpc) is 2.82. The third-order valence-electron chi connectivity index (χ3n) is 3.44. The molecule has 1 saturated heterocycles. The number of H-pyrrole nitrogens is 1.